The van der Waals surface area contributed by atoms with E-state index in [0.717, 1.165) is 6.08 Å². The molecule has 0 spiro atoms. The molecule has 6 nitrogen and oxygen atoms in total. The SMILES string of the molecule is C=CC(N)=O.CN(C)C.OCC(O)CO. The van der Waals surface area contributed by atoms with Crippen LogP contribution >= 0.6 is 0 Å². The van der Waals surface area contributed by atoms with Crippen molar-refractivity contribution in [2.75, 3.05) is 34.4 Å². The van der Waals surface area contributed by atoms with Gasteiger partial charge >= 0.3 is 0 Å². The maximum absolute atomic E-state index is 9.47. The lowest BCUT2D eigenvalue weighted by Gasteiger charge is -1.96. The number of primary amides is 1. The van der Waals surface area contributed by atoms with Gasteiger partial charge in [0, 0.05) is 0 Å². The van der Waals surface area contributed by atoms with Crippen LogP contribution in [0, 0.1) is 0 Å². The summed E-state index contributed by atoms with van der Waals surface area (Å²) in [6.07, 6.45) is 0.102. The van der Waals surface area contributed by atoms with Crippen molar-refractivity contribution >= 4 is 5.91 Å². The number of aliphatic hydroxyl groups excluding tert-OH is 3. The van der Waals surface area contributed by atoms with Crippen LogP contribution in [0.4, 0.5) is 0 Å². The molecule has 0 aromatic rings. The van der Waals surface area contributed by atoms with Gasteiger partial charge in [0.15, 0.2) is 0 Å². The number of aliphatic hydroxyl groups is 3. The number of carbonyl (C=O) groups excluding carboxylic acids is 1. The van der Waals surface area contributed by atoms with Crippen LogP contribution in [0.25, 0.3) is 0 Å². The fraction of sp³-hybridized carbons (Fsp3) is 0.667. The Hall–Kier alpha value is -0.950. The summed E-state index contributed by atoms with van der Waals surface area (Å²) in [5, 5.41) is 24.0. The molecule has 0 saturated heterocycles. The first kappa shape index (κ1) is 19.6. The Morgan fingerprint density at radius 1 is 1.40 bits per heavy atom. The third-order valence-corrected chi connectivity index (χ3v) is 0.623. The molecule has 0 aromatic carbocycles. The van der Waals surface area contributed by atoms with Gasteiger partial charge in [-0.25, -0.2) is 0 Å². The molecular formula is C9H22N2O4. The highest BCUT2D eigenvalue weighted by molar-refractivity contribution is 5.84. The molecule has 0 saturated carbocycles. The van der Waals surface area contributed by atoms with Gasteiger partial charge in [-0.15, -0.1) is 0 Å². The number of hydrogen-bond acceptors (Lipinski definition) is 5. The Morgan fingerprint density at radius 3 is 1.60 bits per heavy atom. The predicted octanol–water partition coefficient (Wildman–Crippen LogP) is -1.83. The normalized spacial score (nSPS) is 8.53. The van der Waals surface area contributed by atoms with Gasteiger partial charge in [-0.3, -0.25) is 4.79 Å². The molecule has 0 bridgehead atoms. The van der Waals surface area contributed by atoms with Gasteiger partial charge in [-0.05, 0) is 27.2 Å². The van der Waals surface area contributed by atoms with Crippen molar-refractivity contribution in [1.82, 2.24) is 4.90 Å². The number of carbonyl (C=O) groups is 1. The Morgan fingerprint density at radius 2 is 1.60 bits per heavy atom. The van der Waals surface area contributed by atoms with E-state index in [9.17, 15) is 4.79 Å². The topological polar surface area (TPSA) is 107 Å². The molecule has 1 amide bonds. The molecule has 0 aliphatic heterocycles. The summed E-state index contributed by atoms with van der Waals surface area (Å²) in [5.41, 5.74) is 4.53. The first-order valence-electron chi connectivity index (χ1n) is 4.24. The van der Waals surface area contributed by atoms with Gasteiger partial charge in [0.2, 0.25) is 5.91 Å². The maximum Gasteiger partial charge on any atom is 0.240 e. The van der Waals surface area contributed by atoms with E-state index >= 15 is 0 Å². The number of hydrogen-bond donors (Lipinski definition) is 4. The molecular weight excluding hydrogens is 200 g/mol. The van der Waals surface area contributed by atoms with Crippen molar-refractivity contribution < 1.29 is 20.1 Å². The molecule has 92 valence electrons. The summed E-state index contributed by atoms with van der Waals surface area (Å²) in [4.78, 5) is 11.5. The van der Waals surface area contributed by atoms with E-state index in [-0.39, 0.29) is 13.2 Å². The van der Waals surface area contributed by atoms with Crippen LogP contribution in [0.15, 0.2) is 12.7 Å². The lowest BCUT2D eigenvalue weighted by Crippen LogP contribution is -2.15. The maximum atomic E-state index is 9.47. The third-order valence-electron chi connectivity index (χ3n) is 0.623. The van der Waals surface area contributed by atoms with Gasteiger partial charge in [-0.2, -0.15) is 0 Å². The molecule has 0 rings (SSSR count). The molecule has 0 aromatic heterocycles. The molecule has 5 N–H and O–H groups in total. The van der Waals surface area contributed by atoms with Crippen LogP contribution in [0.1, 0.15) is 0 Å². The molecule has 0 aliphatic carbocycles. The van der Waals surface area contributed by atoms with Crippen LogP contribution < -0.4 is 5.73 Å². The zero-order valence-corrected chi connectivity index (χ0v) is 9.55. The number of nitrogens with zero attached hydrogens (tertiary/aromatic N) is 1. The average molecular weight is 222 g/mol. The summed E-state index contributed by atoms with van der Waals surface area (Å²) < 4.78 is 0. The molecule has 0 aliphatic rings. The summed E-state index contributed by atoms with van der Waals surface area (Å²) in [7, 11) is 6.00. The van der Waals surface area contributed by atoms with Crippen molar-refractivity contribution in [3.05, 3.63) is 12.7 Å². The number of nitrogens with two attached hydrogens (primary N) is 1. The minimum Gasteiger partial charge on any atom is -0.394 e. The van der Waals surface area contributed by atoms with Gasteiger partial charge in [0.1, 0.15) is 6.10 Å². The summed E-state index contributed by atoms with van der Waals surface area (Å²) in [5.74, 6) is -0.481. The van der Waals surface area contributed by atoms with E-state index in [0.29, 0.717) is 0 Å². The van der Waals surface area contributed by atoms with Gasteiger partial charge in [0.05, 0.1) is 13.2 Å². The summed E-state index contributed by atoms with van der Waals surface area (Å²) >= 11 is 0. The van der Waals surface area contributed by atoms with Crippen LogP contribution in [-0.4, -0.2) is 66.6 Å². The van der Waals surface area contributed by atoms with Crippen molar-refractivity contribution in [1.29, 1.82) is 0 Å². The Balaban J connectivity index is -0.000000147. The van der Waals surface area contributed by atoms with Crippen molar-refractivity contribution in [2.24, 2.45) is 5.73 Å². The molecule has 0 fully saturated rings. The highest BCUT2D eigenvalue weighted by Gasteiger charge is 1.93. The van der Waals surface area contributed by atoms with E-state index < -0.39 is 12.0 Å². The van der Waals surface area contributed by atoms with Gasteiger partial charge in [-0.1, -0.05) is 6.58 Å². The standard InChI is InChI=1S/C3H5NO.C3H9N.C3H8O3/c1-2-3(4)5;1-4(2)3;4-1-3(6)2-5/h2H,1H2,(H2,4,5);1-3H3;3-6H,1-2H2. The van der Waals surface area contributed by atoms with E-state index in [1.807, 2.05) is 26.0 Å². The average Bonchev–Trinajstić information content (AvgIpc) is 2.16. The van der Waals surface area contributed by atoms with Crippen molar-refractivity contribution in [3.8, 4) is 0 Å². The van der Waals surface area contributed by atoms with E-state index in [1.54, 1.807) is 0 Å². The highest BCUT2D eigenvalue weighted by Crippen LogP contribution is 1.71. The van der Waals surface area contributed by atoms with E-state index in [2.05, 4.69) is 12.3 Å². The fourth-order valence-corrected chi connectivity index (χ4v) is 0.0577. The fourth-order valence-electron chi connectivity index (χ4n) is 0.0577. The molecule has 0 heterocycles. The lowest BCUT2D eigenvalue weighted by atomic mass is 10.4. The third kappa shape index (κ3) is 62.5. The molecule has 0 atom stereocenters. The second-order valence-electron chi connectivity index (χ2n) is 2.97. The summed E-state index contributed by atoms with van der Waals surface area (Å²) in [6.45, 7) is 2.36. The quantitative estimate of drug-likeness (QED) is 0.420. The minimum atomic E-state index is -0.954. The second kappa shape index (κ2) is 15.5. The molecule has 0 unspecified atom stereocenters. The first-order valence-corrected chi connectivity index (χ1v) is 4.24. The van der Waals surface area contributed by atoms with Crippen LogP contribution in [0.2, 0.25) is 0 Å². The van der Waals surface area contributed by atoms with Crippen LogP contribution in [0.3, 0.4) is 0 Å². The van der Waals surface area contributed by atoms with Crippen LogP contribution in [-0.2, 0) is 4.79 Å². The van der Waals surface area contributed by atoms with Crippen molar-refractivity contribution in [3.63, 3.8) is 0 Å². The van der Waals surface area contributed by atoms with Gasteiger partial charge in [0.25, 0.3) is 0 Å². The highest BCUT2D eigenvalue weighted by atomic mass is 16.3. The lowest BCUT2D eigenvalue weighted by molar-refractivity contribution is -0.113. The first-order chi connectivity index (χ1) is 6.81. The smallest absolute Gasteiger partial charge is 0.240 e. The van der Waals surface area contributed by atoms with Crippen LogP contribution in [0.5, 0.6) is 0 Å². The minimum absolute atomic E-state index is 0.365. The Bertz CT molecular complexity index is 144. The Labute approximate surface area is 90.6 Å². The predicted molar refractivity (Wildman–Crippen MR) is 59.2 cm³/mol. The monoisotopic (exact) mass is 222 g/mol. The largest absolute Gasteiger partial charge is 0.394 e. The summed E-state index contributed by atoms with van der Waals surface area (Å²) in [6, 6.07) is 0. The molecule has 0 radical (unpaired) electrons. The zero-order valence-electron chi connectivity index (χ0n) is 9.55. The number of amides is 1. The zero-order chi connectivity index (χ0) is 12.9. The molecule has 15 heavy (non-hydrogen) atoms. The van der Waals surface area contributed by atoms with E-state index in [4.69, 9.17) is 15.3 Å². The second-order valence-corrected chi connectivity index (χ2v) is 2.97. The Kier molecular flexibility index (Phi) is 20.3. The van der Waals surface area contributed by atoms with E-state index in [1.165, 1.54) is 0 Å². The molecule has 6 heteroatoms. The number of rotatable bonds is 3. The van der Waals surface area contributed by atoms with Crippen molar-refractivity contribution in [2.45, 2.75) is 6.10 Å². The van der Waals surface area contributed by atoms with Gasteiger partial charge < -0.3 is 26.0 Å².